The second-order valence-electron chi connectivity index (χ2n) is 42.5. The van der Waals surface area contributed by atoms with Crippen LogP contribution in [0.5, 0.6) is 5.75 Å². The molecule has 8 saturated carbocycles. The molecule has 0 amide bonds. The molecule has 0 radical (unpaired) electrons. The van der Waals surface area contributed by atoms with Gasteiger partial charge in [0.2, 0.25) is 0 Å². The van der Waals surface area contributed by atoms with Crippen molar-refractivity contribution in [3.8, 4) is 39.1 Å². The third-order valence-electron chi connectivity index (χ3n) is 33.4. The second-order valence-corrected chi connectivity index (χ2v) is 42.5. The van der Waals surface area contributed by atoms with Crippen LogP contribution in [0.4, 0.5) is 39.5 Å². The summed E-state index contributed by atoms with van der Waals surface area (Å²) in [6.45, 7) is 16.5. The van der Waals surface area contributed by atoms with Crippen LogP contribution < -0.4 is 4.74 Å². The fourth-order valence-electron chi connectivity index (χ4n) is 24.9. The van der Waals surface area contributed by atoms with Crippen LogP contribution in [0.15, 0.2) is 194 Å². The number of unbranched alkanes of at least 4 members (excludes halogenated alkanes) is 2. The Bertz CT molecular complexity index is 4780. The Morgan fingerprint density at radius 2 is 0.437 bits per heavy atom. The highest BCUT2D eigenvalue weighted by molar-refractivity contribution is 5.66. The van der Waals surface area contributed by atoms with Crippen LogP contribution in [-0.4, -0.2) is 6.61 Å². The number of benzene rings is 9. The van der Waals surface area contributed by atoms with Gasteiger partial charge in [0.05, 0.1) is 6.61 Å². The molecule has 0 spiro atoms. The third kappa shape index (κ3) is 33.4. The van der Waals surface area contributed by atoms with E-state index >= 15 is 0 Å². The summed E-state index contributed by atoms with van der Waals surface area (Å²) >= 11 is 0. The average molecular weight is 1850 g/mol. The van der Waals surface area contributed by atoms with Crippen LogP contribution in [0.25, 0.3) is 33.4 Å². The van der Waals surface area contributed by atoms with Crippen molar-refractivity contribution >= 4 is 0 Å². The summed E-state index contributed by atoms with van der Waals surface area (Å²) in [5, 5.41) is 0. The molecule has 0 heterocycles. The van der Waals surface area contributed by atoms with E-state index in [1.807, 2.05) is 55.5 Å². The van der Waals surface area contributed by atoms with E-state index in [0.29, 0.717) is 29.6 Å². The Hall–Kier alpha value is -7.85. The van der Waals surface area contributed by atoms with E-state index in [1.165, 1.54) is 365 Å². The lowest BCUT2D eigenvalue weighted by Crippen LogP contribution is -2.25. The lowest BCUT2D eigenvalue weighted by atomic mass is 9.68. The molecule has 0 aliphatic heterocycles. The molecule has 10 heteroatoms. The minimum Gasteiger partial charge on any atom is -0.494 e. The van der Waals surface area contributed by atoms with Gasteiger partial charge in [0.1, 0.15) is 11.6 Å². The Kier molecular flexibility index (Phi) is 44.3. The zero-order valence-electron chi connectivity index (χ0n) is 83.5. The maximum atomic E-state index is 13.4. The Balaban J connectivity index is 0.000000146. The van der Waals surface area contributed by atoms with E-state index in [4.69, 9.17) is 4.74 Å². The van der Waals surface area contributed by atoms with Crippen LogP contribution in [0.1, 0.15) is 419 Å². The molecule has 8 fully saturated rings. The molecule has 0 atom stereocenters. The van der Waals surface area contributed by atoms with Gasteiger partial charge < -0.3 is 4.74 Å². The van der Waals surface area contributed by atoms with Crippen molar-refractivity contribution < 1.29 is 44.3 Å². The highest BCUT2D eigenvalue weighted by Gasteiger charge is 2.34. The first-order chi connectivity index (χ1) is 65.7. The SMILES string of the molecule is CCC1CCC(c2ccc(-c3ccc(F)c(F)c3)cc2)CC1.CCCC1CCC(C2CCC(c3ccc(F)c(F)c3)CC2)CC1.CCCC1CCC(CCC2CCC(c3ccc(F)cc3)CC2)CC1.CCCC1CCC(c2ccc(-c3ccc(F)c(F)c3)cc2)CC1.CCCC1CCC(c2ccc(OCC)cc2)CC1.CCCCCC1CCC(c2ccc(-c3ccc(F)c(F)c3)cc2)CC1. The molecular weight excluding hydrogens is 1690 g/mol. The molecular formula is C125H165F9O. The van der Waals surface area contributed by atoms with Crippen molar-refractivity contribution in [2.75, 3.05) is 6.61 Å². The van der Waals surface area contributed by atoms with Crippen LogP contribution in [0.3, 0.4) is 0 Å². The van der Waals surface area contributed by atoms with Gasteiger partial charge in [-0.25, -0.2) is 39.5 Å². The van der Waals surface area contributed by atoms with Crippen LogP contribution in [0.2, 0.25) is 0 Å². The van der Waals surface area contributed by atoms with Gasteiger partial charge in [0.25, 0.3) is 0 Å². The van der Waals surface area contributed by atoms with E-state index in [1.54, 1.807) is 36.4 Å². The first-order valence-corrected chi connectivity index (χ1v) is 54.3. The summed E-state index contributed by atoms with van der Waals surface area (Å²) < 4.78 is 124. The molecule has 8 aliphatic rings. The molecule has 1 nitrogen and oxygen atoms in total. The van der Waals surface area contributed by atoms with Gasteiger partial charge in [-0.15, -0.1) is 0 Å². The standard InChI is InChI=1S/C23H28F2.C23H35F.C21H30F2.C21H24F2.C20H22F2.C17H26O/c1-2-3-4-5-17-6-8-18(9-7-17)19-10-12-20(13-11-19)21-14-15-22(24)23(25)16-21;1-2-3-18-4-6-19(7-5-18)8-9-20-10-12-21(13-11-20)22-14-16-23(24)17-15-22;2*1-2-3-15-4-6-16(7-5-15)17-8-10-18(11-9-17)19-12-13-20(22)21(23)14-19;1-2-14-3-5-15(6-4-14)16-7-9-17(10-8-16)18-11-12-19(21)20(22)13-18;1-3-5-14-6-8-15(9-7-14)16-10-12-17(13-11-16)18-4-2/h10-18H,2-9H2,1H3;14-21H,2-13H2,1H3;12-18H,2-11H2,1H3;8-16H,2-7H2,1H3;7-15H,2-6H2,1H3;10-15H,3-9H2,1-2H3. The third-order valence-corrected chi connectivity index (χ3v) is 33.4. The predicted molar refractivity (Wildman–Crippen MR) is 548 cm³/mol. The molecule has 0 bridgehead atoms. The molecule has 0 unspecified atom stereocenters. The first-order valence-electron chi connectivity index (χ1n) is 54.3. The number of rotatable bonds is 28. The van der Waals surface area contributed by atoms with Crippen LogP contribution >= 0.6 is 0 Å². The minimum atomic E-state index is -0.798. The lowest BCUT2D eigenvalue weighted by molar-refractivity contribution is 0.156. The Morgan fingerprint density at radius 3 is 0.733 bits per heavy atom. The van der Waals surface area contributed by atoms with E-state index in [0.717, 1.165) is 129 Å². The molecule has 9 aromatic carbocycles. The lowest BCUT2D eigenvalue weighted by Gasteiger charge is -2.38. The fourth-order valence-corrected chi connectivity index (χ4v) is 24.9. The largest absolute Gasteiger partial charge is 0.494 e. The van der Waals surface area contributed by atoms with Gasteiger partial charge in [0, 0.05) is 0 Å². The predicted octanol–water partition coefficient (Wildman–Crippen LogP) is 40.0. The van der Waals surface area contributed by atoms with E-state index in [-0.39, 0.29) is 5.82 Å². The van der Waals surface area contributed by atoms with Gasteiger partial charge in [0.15, 0.2) is 46.5 Å². The highest BCUT2D eigenvalue weighted by atomic mass is 19.2. The Labute approximate surface area is 809 Å². The summed E-state index contributed by atoms with van der Waals surface area (Å²) in [6.07, 6.45) is 63.8. The van der Waals surface area contributed by atoms with Crippen molar-refractivity contribution in [1.82, 2.24) is 0 Å². The molecule has 9 aromatic rings. The van der Waals surface area contributed by atoms with E-state index in [9.17, 15) is 39.5 Å². The summed E-state index contributed by atoms with van der Waals surface area (Å²) in [5.41, 5.74) is 13.0. The summed E-state index contributed by atoms with van der Waals surface area (Å²) in [6, 6.07) is 57.8. The molecule has 734 valence electrons. The van der Waals surface area contributed by atoms with Crippen molar-refractivity contribution in [3.63, 3.8) is 0 Å². The molecule has 135 heavy (non-hydrogen) atoms. The first kappa shape index (κ1) is 106. The zero-order valence-corrected chi connectivity index (χ0v) is 83.5. The van der Waals surface area contributed by atoms with E-state index in [2.05, 4.69) is 102 Å². The topological polar surface area (TPSA) is 9.23 Å². The van der Waals surface area contributed by atoms with Gasteiger partial charge in [-0.2, -0.15) is 0 Å². The minimum absolute atomic E-state index is 0.110. The zero-order chi connectivity index (χ0) is 95.2. The van der Waals surface area contributed by atoms with Crippen molar-refractivity contribution in [3.05, 3.63) is 280 Å². The average Bonchev–Trinajstić information content (AvgIpc) is 0.827. The normalized spacial score (nSPS) is 25.2. The van der Waals surface area contributed by atoms with Crippen molar-refractivity contribution in [2.45, 2.75) is 386 Å². The number of hydrogen-bond acceptors (Lipinski definition) is 1. The van der Waals surface area contributed by atoms with Crippen LogP contribution in [0, 0.1) is 112 Å². The maximum Gasteiger partial charge on any atom is 0.159 e. The molecule has 8 aliphatic carbocycles. The fraction of sp³-hybridized carbons (Fsp3) is 0.568. The maximum absolute atomic E-state index is 13.4. The number of ether oxygens (including phenoxy) is 1. The molecule has 0 aromatic heterocycles. The molecule has 17 rings (SSSR count). The second kappa shape index (κ2) is 56.4. The van der Waals surface area contributed by atoms with Gasteiger partial charge in [-0.1, -0.05) is 298 Å². The monoisotopic (exact) mass is 1850 g/mol. The number of hydrogen-bond donors (Lipinski definition) is 0. The summed E-state index contributed by atoms with van der Waals surface area (Å²) in [7, 11) is 0. The quantitative estimate of drug-likeness (QED) is 0.0351. The smallest absolute Gasteiger partial charge is 0.159 e. The number of halogens is 9. The van der Waals surface area contributed by atoms with Gasteiger partial charge in [-0.05, 0) is 408 Å². The van der Waals surface area contributed by atoms with E-state index < -0.39 is 46.5 Å². The van der Waals surface area contributed by atoms with Crippen molar-refractivity contribution in [1.29, 1.82) is 0 Å². The summed E-state index contributed by atoms with van der Waals surface area (Å²) in [4.78, 5) is 0. The van der Waals surface area contributed by atoms with Gasteiger partial charge in [-0.3, -0.25) is 0 Å². The highest BCUT2D eigenvalue weighted by Crippen LogP contribution is 2.48. The Morgan fingerprint density at radius 1 is 0.200 bits per heavy atom. The molecule has 0 N–H and O–H groups in total. The van der Waals surface area contributed by atoms with Crippen LogP contribution in [-0.2, 0) is 0 Å². The van der Waals surface area contributed by atoms with Crippen molar-refractivity contribution in [2.24, 2.45) is 59.2 Å². The van der Waals surface area contributed by atoms with Gasteiger partial charge >= 0.3 is 0 Å². The summed E-state index contributed by atoms with van der Waals surface area (Å²) in [5.74, 6) is 8.08. The molecule has 0 saturated heterocycles.